The average Bonchev–Trinajstić information content (AvgIpc) is 3.29. The lowest BCUT2D eigenvalue weighted by molar-refractivity contribution is 0.0730. The lowest BCUT2D eigenvalue weighted by Crippen LogP contribution is -2.36. The van der Waals surface area contributed by atoms with Crippen LogP contribution in [0, 0.1) is 13.8 Å². The predicted molar refractivity (Wildman–Crippen MR) is 108 cm³/mol. The Labute approximate surface area is 166 Å². The zero-order valence-corrected chi connectivity index (χ0v) is 16.7. The van der Waals surface area contributed by atoms with Crippen LogP contribution in [0.1, 0.15) is 45.1 Å². The van der Waals surface area contributed by atoms with Gasteiger partial charge in [0.25, 0.3) is 11.5 Å². The number of nitrogens with zero attached hydrogens (tertiary/aromatic N) is 4. The lowest BCUT2D eigenvalue weighted by Gasteiger charge is -2.26. The summed E-state index contributed by atoms with van der Waals surface area (Å²) in [6, 6.07) is 6.90. The van der Waals surface area contributed by atoms with E-state index >= 15 is 0 Å². The normalized spacial score (nSPS) is 16.8. The summed E-state index contributed by atoms with van der Waals surface area (Å²) in [6.45, 7) is 4.34. The van der Waals surface area contributed by atoms with Gasteiger partial charge in [-0.25, -0.2) is 9.97 Å². The van der Waals surface area contributed by atoms with E-state index in [9.17, 15) is 14.7 Å². The van der Waals surface area contributed by atoms with E-state index in [1.54, 1.807) is 23.1 Å². The molecule has 1 N–H and O–H groups in total. The van der Waals surface area contributed by atoms with E-state index in [2.05, 4.69) is 4.98 Å². The first-order valence-corrected chi connectivity index (χ1v) is 10.2. The summed E-state index contributed by atoms with van der Waals surface area (Å²) in [5.74, 6) is 0.478. The number of amides is 1. The number of carbonyl (C=O) groups is 1. The fourth-order valence-electron chi connectivity index (χ4n) is 3.89. The van der Waals surface area contributed by atoms with Gasteiger partial charge in [-0.3, -0.25) is 14.2 Å². The Kier molecular flexibility index (Phi) is 4.99. The molecule has 0 saturated carbocycles. The number of benzene rings is 1. The Hall–Kier alpha value is -2.58. The minimum absolute atomic E-state index is 0.0662. The second-order valence-corrected chi connectivity index (χ2v) is 8.17. The number of aryl methyl sites for hydroxylation is 2. The SMILES string of the molecule is Cc1nc(C)c(C(=O)N2CCCC2c2nc3ccccc3c(=O)n2CCO)s1. The summed E-state index contributed by atoms with van der Waals surface area (Å²) in [7, 11) is 0. The van der Waals surface area contributed by atoms with E-state index in [0.717, 1.165) is 23.5 Å². The number of hydrogen-bond acceptors (Lipinski definition) is 6. The van der Waals surface area contributed by atoms with Crippen molar-refractivity contribution in [3.05, 3.63) is 56.0 Å². The average molecular weight is 398 g/mol. The van der Waals surface area contributed by atoms with E-state index in [0.29, 0.717) is 28.1 Å². The first-order chi connectivity index (χ1) is 13.5. The number of thiazole rings is 1. The molecule has 1 aliphatic rings. The number of aliphatic hydroxyl groups is 1. The summed E-state index contributed by atoms with van der Waals surface area (Å²) in [5, 5.41) is 10.9. The van der Waals surface area contributed by atoms with Crippen molar-refractivity contribution in [1.82, 2.24) is 19.4 Å². The van der Waals surface area contributed by atoms with Gasteiger partial charge < -0.3 is 10.0 Å². The molecule has 1 aliphatic heterocycles. The van der Waals surface area contributed by atoms with Crippen LogP contribution in [0.15, 0.2) is 29.1 Å². The van der Waals surface area contributed by atoms with Crippen LogP contribution in [-0.2, 0) is 6.54 Å². The molecule has 2 aromatic heterocycles. The highest BCUT2D eigenvalue weighted by Crippen LogP contribution is 2.34. The largest absolute Gasteiger partial charge is 0.395 e. The first-order valence-electron chi connectivity index (χ1n) is 9.36. The van der Waals surface area contributed by atoms with Gasteiger partial charge in [-0.05, 0) is 38.8 Å². The zero-order chi connectivity index (χ0) is 19.8. The molecule has 146 valence electrons. The number of aromatic nitrogens is 3. The molecule has 0 spiro atoms. The van der Waals surface area contributed by atoms with Gasteiger partial charge in [0, 0.05) is 6.54 Å². The molecule has 0 radical (unpaired) electrons. The monoisotopic (exact) mass is 398 g/mol. The maximum Gasteiger partial charge on any atom is 0.266 e. The van der Waals surface area contributed by atoms with Crippen molar-refractivity contribution in [3.63, 3.8) is 0 Å². The van der Waals surface area contributed by atoms with Gasteiger partial charge in [0.15, 0.2) is 0 Å². The highest BCUT2D eigenvalue weighted by atomic mass is 32.1. The third kappa shape index (κ3) is 3.12. The van der Waals surface area contributed by atoms with Gasteiger partial charge in [-0.15, -0.1) is 11.3 Å². The minimum Gasteiger partial charge on any atom is -0.395 e. The molecule has 1 saturated heterocycles. The predicted octanol–water partition coefficient (Wildman–Crippen LogP) is 2.44. The number of likely N-dealkylation sites (tertiary alicyclic amines) is 1. The first kappa shape index (κ1) is 18.8. The standard InChI is InChI=1S/C20H22N4O3S/c1-12-17(28-13(2)21-12)20(27)23-9-5-8-16(23)18-22-15-7-4-3-6-14(15)19(26)24(18)10-11-25/h3-4,6-7,16,25H,5,8-11H2,1-2H3. The molecule has 1 amide bonds. The van der Waals surface area contributed by atoms with Gasteiger partial charge in [-0.1, -0.05) is 12.1 Å². The number of aliphatic hydroxyl groups excluding tert-OH is 1. The van der Waals surface area contributed by atoms with Crippen molar-refractivity contribution in [1.29, 1.82) is 0 Å². The minimum atomic E-state index is -0.293. The molecule has 8 heteroatoms. The van der Waals surface area contributed by atoms with Gasteiger partial charge in [0.05, 0.1) is 40.8 Å². The Bertz CT molecular complexity index is 1100. The zero-order valence-electron chi connectivity index (χ0n) is 15.9. The van der Waals surface area contributed by atoms with Crippen LogP contribution in [0.4, 0.5) is 0 Å². The molecule has 3 heterocycles. The maximum atomic E-state index is 13.2. The number of para-hydroxylation sites is 1. The fourth-order valence-corrected chi connectivity index (χ4v) is 4.77. The highest BCUT2D eigenvalue weighted by molar-refractivity contribution is 7.13. The highest BCUT2D eigenvalue weighted by Gasteiger charge is 2.35. The Morgan fingerprint density at radius 2 is 2.07 bits per heavy atom. The smallest absolute Gasteiger partial charge is 0.266 e. The number of hydrogen-bond donors (Lipinski definition) is 1. The summed E-state index contributed by atoms with van der Waals surface area (Å²) in [6.07, 6.45) is 1.58. The summed E-state index contributed by atoms with van der Waals surface area (Å²) >= 11 is 1.40. The van der Waals surface area contributed by atoms with Crippen LogP contribution in [-0.4, -0.2) is 43.6 Å². The molecule has 1 atom stereocenters. The lowest BCUT2D eigenvalue weighted by atomic mass is 10.1. The Balaban J connectivity index is 1.82. The van der Waals surface area contributed by atoms with Gasteiger partial charge in [0.2, 0.25) is 0 Å². The maximum absolute atomic E-state index is 13.2. The van der Waals surface area contributed by atoms with Gasteiger partial charge in [-0.2, -0.15) is 0 Å². The van der Waals surface area contributed by atoms with E-state index in [-0.39, 0.29) is 30.7 Å². The van der Waals surface area contributed by atoms with Gasteiger partial charge >= 0.3 is 0 Å². The molecule has 1 unspecified atom stereocenters. The van der Waals surface area contributed by atoms with Crippen molar-refractivity contribution in [3.8, 4) is 0 Å². The van der Waals surface area contributed by atoms with Crippen molar-refractivity contribution in [2.24, 2.45) is 0 Å². The van der Waals surface area contributed by atoms with Crippen LogP contribution in [0.5, 0.6) is 0 Å². The molecule has 1 aromatic carbocycles. The third-order valence-electron chi connectivity index (χ3n) is 5.12. The van der Waals surface area contributed by atoms with Crippen molar-refractivity contribution in [2.45, 2.75) is 39.3 Å². The second kappa shape index (κ2) is 7.44. The Morgan fingerprint density at radius 3 is 2.79 bits per heavy atom. The fraction of sp³-hybridized carbons (Fsp3) is 0.400. The summed E-state index contributed by atoms with van der Waals surface area (Å²) in [4.78, 5) is 37.8. The number of fused-ring (bicyclic) bond motifs is 1. The molecule has 3 aromatic rings. The molecule has 0 aliphatic carbocycles. The molecule has 28 heavy (non-hydrogen) atoms. The van der Waals surface area contributed by atoms with Crippen LogP contribution >= 0.6 is 11.3 Å². The molecule has 7 nitrogen and oxygen atoms in total. The van der Waals surface area contributed by atoms with Crippen molar-refractivity contribution in [2.75, 3.05) is 13.2 Å². The molecule has 4 rings (SSSR count). The Morgan fingerprint density at radius 1 is 1.29 bits per heavy atom. The number of carbonyl (C=O) groups excluding carboxylic acids is 1. The quantitative estimate of drug-likeness (QED) is 0.729. The number of rotatable bonds is 4. The van der Waals surface area contributed by atoms with Crippen LogP contribution < -0.4 is 5.56 Å². The van der Waals surface area contributed by atoms with E-state index < -0.39 is 0 Å². The van der Waals surface area contributed by atoms with E-state index in [4.69, 9.17) is 4.98 Å². The van der Waals surface area contributed by atoms with Crippen LogP contribution in [0.2, 0.25) is 0 Å². The topological polar surface area (TPSA) is 88.3 Å². The molecule has 0 bridgehead atoms. The molecule has 1 fully saturated rings. The van der Waals surface area contributed by atoms with E-state index in [1.165, 1.54) is 15.9 Å². The van der Waals surface area contributed by atoms with Crippen LogP contribution in [0.25, 0.3) is 10.9 Å². The van der Waals surface area contributed by atoms with Crippen molar-refractivity contribution < 1.29 is 9.90 Å². The molecular formula is C20H22N4O3S. The second-order valence-electron chi connectivity index (χ2n) is 6.97. The summed E-state index contributed by atoms with van der Waals surface area (Å²) < 4.78 is 1.52. The van der Waals surface area contributed by atoms with Gasteiger partial charge in [0.1, 0.15) is 10.7 Å². The molecular weight excluding hydrogens is 376 g/mol. The van der Waals surface area contributed by atoms with E-state index in [1.807, 2.05) is 19.9 Å². The van der Waals surface area contributed by atoms with Crippen LogP contribution in [0.3, 0.4) is 0 Å². The third-order valence-corrected chi connectivity index (χ3v) is 6.19. The van der Waals surface area contributed by atoms with Crippen molar-refractivity contribution >= 4 is 28.1 Å². The summed E-state index contributed by atoms with van der Waals surface area (Å²) in [5.41, 5.74) is 1.16.